The summed E-state index contributed by atoms with van der Waals surface area (Å²) in [5.74, 6) is 0.423. The Labute approximate surface area is 197 Å². The predicted molar refractivity (Wildman–Crippen MR) is 130 cm³/mol. The first-order valence-electron chi connectivity index (χ1n) is 11.1. The molecule has 9 heteroatoms. The summed E-state index contributed by atoms with van der Waals surface area (Å²) < 4.78 is 0. The molecule has 4 rings (SSSR count). The van der Waals surface area contributed by atoms with Crippen molar-refractivity contribution >= 4 is 33.2 Å². The fourth-order valence-corrected chi connectivity index (χ4v) is 5.21. The van der Waals surface area contributed by atoms with Gasteiger partial charge in [-0.15, -0.1) is 11.3 Å². The molecule has 2 atom stereocenters. The smallest absolute Gasteiger partial charge is 0.245 e. The average Bonchev–Trinajstić information content (AvgIpc) is 3.42. The average molecular weight is 464 g/mol. The largest absolute Gasteiger partial charge is 0.363 e. The molecule has 1 aliphatic rings. The first-order chi connectivity index (χ1) is 15.9. The van der Waals surface area contributed by atoms with Crippen LogP contribution >= 0.6 is 11.3 Å². The summed E-state index contributed by atoms with van der Waals surface area (Å²) >= 11 is 1.73. The van der Waals surface area contributed by atoms with Gasteiger partial charge in [0.05, 0.1) is 23.9 Å². The molecule has 0 aliphatic carbocycles. The minimum Gasteiger partial charge on any atom is -0.363 e. The van der Waals surface area contributed by atoms with Crippen molar-refractivity contribution in [1.29, 1.82) is 5.26 Å². The van der Waals surface area contributed by atoms with E-state index in [4.69, 9.17) is 10.2 Å². The summed E-state index contributed by atoms with van der Waals surface area (Å²) in [4.78, 5) is 31.8. The number of pyridine rings is 1. The number of likely N-dealkylation sites (N-methyl/N-ethyl adjacent to an activating group) is 1. The van der Waals surface area contributed by atoms with Crippen molar-refractivity contribution in [2.24, 2.45) is 0 Å². The number of nitrogens with zero attached hydrogens (tertiary/aromatic N) is 5. The molecule has 4 heterocycles. The van der Waals surface area contributed by atoms with Gasteiger partial charge in [-0.05, 0) is 32.9 Å². The Balaban J connectivity index is 1.53. The first kappa shape index (κ1) is 23.0. The quantitative estimate of drug-likeness (QED) is 0.544. The van der Waals surface area contributed by atoms with E-state index >= 15 is 0 Å². The monoisotopic (exact) mass is 463 g/mol. The zero-order valence-electron chi connectivity index (χ0n) is 19.4. The lowest BCUT2D eigenvalue weighted by Gasteiger charge is -2.44. The Morgan fingerprint density at radius 1 is 1.45 bits per heavy atom. The van der Waals surface area contributed by atoms with E-state index in [1.165, 1.54) is 10.3 Å². The lowest BCUT2D eigenvalue weighted by atomic mass is 10.1. The molecule has 8 nitrogen and oxygen atoms in total. The lowest BCUT2D eigenvalue weighted by Crippen LogP contribution is -2.51. The maximum Gasteiger partial charge on any atom is 0.245 e. The summed E-state index contributed by atoms with van der Waals surface area (Å²) in [5, 5.41) is 12.8. The highest BCUT2D eigenvalue weighted by molar-refractivity contribution is 7.18. The number of aromatic amines is 1. The molecule has 0 aromatic carbocycles. The number of nitriles is 1. The van der Waals surface area contributed by atoms with E-state index in [1.54, 1.807) is 30.7 Å². The van der Waals surface area contributed by atoms with E-state index in [2.05, 4.69) is 70.1 Å². The Bertz CT molecular complexity index is 1220. The molecule has 0 saturated carbocycles. The van der Waals surface area contributed by atoms with Gasteiger partial charge in [0.2, 0.25) is 5.91 Å². The summed E-state index contributed by atoms with van der Waals surface area (Å²) in [7, 11) is 1.61. The van der Waals surface area contributed by atoms with Crippen LogP contribution in [-0.4, -0.2) is 63.4 Å². The van der Waals surface area contributed by atoms with Crippen molar-refractivity contribution in [3.05, 3.63) is 52.6 Å². The molecular formula is C24H29N7OS. The minimum absolute atomic E-state index is 0.161. The Hall–Kier alpha value is -3.22. The number of rotatable bonds is 6. The molecule has 0 bridgehead atoms. The minimum atomic E-state index is -0.185. The Morgan fingerprint density at radius 2 is 2.27 bits per heavy atom. The Morgan fingerprint density at radius 3 is 3.00 bits per heavy atom. The van der Waals surface area contributed by atoms with Crippen LogP contribution in [0.5, 0.6) is 0 Å². The molecule has 3 aromatic rings. The molecular weight excluding hydrogens is 434 g/mol. The highest BCUT2D eigenvalue weighted by atomic mass is 32.1. The van der Waals surface area contributed by atoms with Crippen LogP contribution < -0.4 is 5.32 Å². The van der Waals surface area contributed by atoms with Crippen molar-refractivity contribution in [3.8, 4) is 6.07 Å². The number of carbonyl (C=O) groups excluding carboxylic acids is 1. The van der Waals surface area contributed by atoms with Gasteiger partial charge in [-0.2, -0.15) is 5.26 Å². The van der Waals surface area contributed by atoms with Crippen LogP contribution in [0.15, 0.2) is 30.5 Å². The second kappa shape index (κ2) is 9.73. The topological polar surface area (TPSA) is 101 Å². The molecule has 2 N–H and O–H groups in total. The normalized spacial score (nSPS) is 18.3. The van der Waals surface area contributed by atoms with Crippen molar-refractivity contribution < 1.29 is 4.79 Å². The third-order valence-electron chi connectivity index (χ3n) is 6.13. The number of hydrogen-bond acceptors (Lipinski definition) is 7. The molecule has 1 fully saturated rings. The van der Waals surface area contributed by atoms with Gasteiger partial charge >= 0.3 is 0 Å². The van der Waals surface area contributed by atoms with Crippen LogP contribution in [-0.2, 0) is 11.2 Å². The summed E-state index contributed by atoms with van der Waals surface area (Å²) in [6.45, 7) is 8.91. The maximum atomic E-state index is 12.2. The fraction of sp³-hybridized carbons (Fsp3) is 0.417. The van der Waals surface area contributed by atoms with E-state index in [1.807, 2.05) is 0 Å². The van der Waals surface area contributed by atoms with Gasteiger partial charge in [-0.25, -0.2) is 9.97 Å². The summed E-state index contributed by atoms with van der Waals surface area (Å²) in [6, 6.07) is 8.96. The molecule has 1 amide bonds. The third-order valence-corrected chi connectivity index (χ3v) is 7.09. The maximum absolute atomic E-state index is 12.2. The van der Waals surface area contributed by atoms with Crippen LogP contribution in [0.1, 0.15) is 42.0 Å². The standard InChI is InChI=1S/C24H29N7OS/c1-15-14-30(17(3)20-6-5-18-11-16(2)33-24(18)29-20)9-10-31(15)21(12-22(32)26-4)23-27-13-19(28-23)7-8-25/h5-6,11-13,15,17H,7,9-10,14H2,1-4H3,(H,26,32)(H,27,28)/b21-12+/t15-,17?/m0/s1. The number of piperazine rings is 1. The van der Waals surface area contributed by atoms with E-state index in [0.29, 0.717) is 5.82 Å². The molecule has 0 spiro atoms. The van der Waals surface area contributed by atoms with Crippen LogP contribution in [0.4, 0.5) is 0 Å². The van der Waals surface area contributed by atoms with Crippen molar-refractivity contribution in [2.45, 2.75) is 39.3 Å². The number of hydrogen-bond donors (Lipinski definition) is 2. The fourth-order valence-electron chi connectivity index (χ4n) is 4.32. The molecule has 1 unspecified atom stereocenters. The lowest BCUT2D eigenvalue weighted by molar-refractivity contribution is -0.116. The van der Waals surface area contributed by atoms with Gasteiger partial charge in [0, 0.05) is 67.0 Å². The third kappa shape index (κ3) is 4.92. The second-order valence-electron chi connectivity index (χ2n) is 8.44. The van der Waals surface area contributed by atoms with Gasteiger partial charge in [-0.1, -0.05) is 6.07 Å². The van der Waals surface area contributed by atoms with Gasteiger partial charge < -0.3 is 15.2 Å². The highest BCUT2D eigenvalue weighted by Gasteiger charge is 2.30. The van der Waals surface area contributed by atoms with E-state index in [-0.39, 0.29) is 24.4 Å². The van der Waals surface area contributed by atoms with Crippen molar-refractivity contribution in [3.63, 3.8) is 0 Å². The molecule has 172 valence electrons. The van der Waals surface area contributed by atoms with Crippen LogP contribution in [0.25, 0.3) is 15.9 Å². The molecule has 33 heavy (non-hydrogen) atoms. The zero-order chi connectivity index (χ0) is 23.5. The second-order valence-corrected chi connectivity index (χ2v) is 9.67. The van der Waals surface area contributed by atoms with Crippen LogP contribution in [0, 0.1) is 18.3 Å². The number of fused-ring (bicyclic) bond motifs is 1. The number of aromatic nitrogens is 3. The van der Waals surface area contributed by atoms with Gasteiger partial charge in [0.25, 0.3) is 0 Å². The molecule has 0 radical (unpaired) electrons. The van der Waals surface area contributed by atoms with Crippen LogP contribution in [0.2, 0.25) is 0 Å². The van der Waals surface area contributed by atoms with Crippen LogP contribution in [0.3, 0.4) is 0 Å². The van der Waals surface area contributed by atoms with E-state index < -0.39 is 0 Å². The number of carbonyl (C=O) groups is 1. The SMILES string of the molecule is CNC(=O)/C=C(\c1ncc(CC#N)[nH]1)N1CCN(C(C)c2ccc3cc(C)sc3n2)C[C@@H]1C. The van der Waals surface area contributed by atoms with Crippen molar-refractivity contribution in [2.75, 3.05) is 26.7 Å². The number of nitrogens with one attached hydrogen (secondary N) is 2. The first-order valence-corrected chi connectivity index (χ1v) is 11.9. The number of amides is 1. The Kier molecular flexibility index (Phi) is 6.77. The summed E-state index contributed by atoms with van der Waals surface area (Å²) in [6.07, 6.45) is 3.49. The number of H-pyrrole nitrogens is 1. The van der Waals surface area contributed by atoms with Crippen molar-refractivity contribution in [1.82, 2.24) is 30.1 Å². The number of thiophene rings is 1. The van der Waals surface area contributed by atoms with E-state index in [0.717, 1.165) is 41.5 Å². The van der Waals surface area contributed by atoms with Gasteiger partial charge in [-0.3, -0.25) is 9.69 Å². The van der Waals surface area contributed by atoms with Gasteiger partial charge in [0.1, 0.15) is 4.83 Å². The molecule has 3 aromatic heterocycles. The molecule has 1 saturated heterocycles. The molecule has 1 aliphatic heterocycles. The van der Waals surface area contributed by atoms with Gasteiger partial charge in [0.15, 0.2) is 5.82 Å². The zero-order valence-corrected chi connectivity index (χ0v) is 20.2. The number of aryl methyl sites for hydroxylation is 1. The number of imidazole rings is 1. The predicted octanol–water partition coefficient (Wildman–Crippen LogP) is 3.25. The van der Waals surface area contributed by atoms with E-state index in [9.17, 15) is 4.79 Å². The summed E-state index contributed by atoms with van der Waals surface area (Å²) in [5.41, 5.74) is 2.56. The highest BCUT2D eigenvalue weighted by Crippen LogP contribution is 2.30.